The molecule has 0 aliphatic heterocycles. The van der Waals surface area contributed by atoms with Gasteiger partial charge in [-0.05, 0) is 37.8 Å². The minimum atomic E-state index is -0.766. The Morgan fingerprint density at radius 2 is 1.90 bits per heavy atom. The van der Waals surface area contributed by atoms with Crippen LogP contribution in [0.3, 0.4) is 0 Å². The molecule has 0 radical (unpaired) electrons. The van der Waals surface area contributed by atoms with Crippen LogP contribution in [-0.2, 0) is 4.79 Å². The number of hydrogen-bond donors (Lipinski definition) is 3. The molecule has 1 saturated carbocycles. The van der Waals surface area contributed by atoms with E-state index in [1.807, 2.05) is 0 Å². The number of aryl methyl sites for hydroxylation is 1. The molecule has 1 unspecified atom stereocenters. The lowest BCUT2D eigenvalue weighted by Crippen LogP contribution is -2.49. The Hall–Kier alpha value is -2.90. The van der Waals surface area contributed by atoms with Crippen molar-refractivity contribution in [3.8, 4) is 0 Å². The number of amides is 2. The second-order valence-electron chi connectivity index (χ2n) is 7.56. The Morgan fingerprint density at radius 1 is 1.21 bits per heavy atom. The number of carbonyl (C=O) groups excluding carboxylic acids is 2. The highest BCUT2D eigenvalue weighted by Gasteiger charge is 2.31. The average molecular weight is 402 g/mol. The molecule has 1 aliphatic rings. The maximum Gasteiger partial charge on any atom is 0.257 e. The van der Waals surface area contributed by atoms with E-state index >= 15 is 0 Å². The van der Waals surface area contributed by atoms with Crippen LogP contribution in [0.2, 0.25) is 0 Å². The SMILES string of the molecule is Cc1nocc1C(=O)NC(C(=O)Nc1cccc(F)c1N)C1CCCCCCC1. The van der Waals surface area contributed by atoms with Gasteiger partial charge >= 0.3 is 0 Å². The minimum Gasteiger partial charge on any atom is -0.395 e. The summed E-state index contributed by atoms with van der Waals surface area (Å²) in [6.07, 6.45) is 8.34. The first kappa shape index (κ1) is 20.8. The topological polar surface area (TPSA) is 110 Å². The van der Waals surface area contributed by atoms with Gasteiger partial charge in [0.25, 0.3) is 5.91 Å². The van der Waals surface area contributed by atoms with Gasteiger partial charge in [0.15, 0.2) is 0 Å². The predicted molar refractivity (Wildman–Crippen MR) is 108 cm³/mol. The summed E-state index contributed by atoms with van der Waals surface area (Å²) in [5.41, 5.74) is 6.57. The quantitative estimate of drug-likeness (QED) is 0.659. The molecule has 2 aromatic rings. The summed E-state index contributed by atoms with van der Waals surface area (Å²) in [6, 6.07) is 3.48. The van der Waals surface area contributed by atoms with Gasteiger partial charge < -0.3 is 20.9 Å². The van der Waals surface area contributed by atoms with E-state index in [1.54, 1.807) is 6.92 Å². The van der Waals surface area contributed by atoms with Crippen molar-refractivity contribution in [2.24, 2.45) is 5.92 Å². The third kappa shape index (κ3) is 5.13. The standard InChI is InChI=1S/C21H27FN4O3/c1-13-15(12-29-26-13)20(27)25-19(14-8-5-3-2-4-6-9-14)21(28)24-17-11-7-10-16(22)18(17)23/h7,10-12,14,19H,2-6,8-9,23H2,1H3,(H,24,28)(H,25,27). The number of anilines is 2. The summed E-state index contributed by atoms with van der Waals surface area (Å²) in [4.78, 5) is 25.9. The second-order valence-corrected chi connectivity index (χ2v) is 7.56. The lowest BCUT2D eigenvalue weighted by molar-refractivity contribution is -0.119. The van der Waals surface area contributed by atoms with Crippen molar-refractivity contribution < 1.29 is 18.5 Å². The van der Waals surface area contributed by atoms with Crippen molar-refractivity contribution in [2.75, 3.05) is 11.1 Å². The number of nitrogen functional groups attached to an aromatic ring is 1. The van der Waals surface area contributed by atoms with Crippen LogP contribution < -0.4 is 16.4 Å². The van der Waals surface area contributed by atoms with E-state index in [0.717, 1.165) is 38.5 Å². The molecule has 1 aromatic heterocycles. The fraction of sp³-hybridized carbons (Fsp3) is 0.476. The zero-order valence-electron chi connectivity index (χ0n) is 16.5. The minimum absolute atomic E-state index is 0.0193. The molecule has 0 spiro atoms. The van der Waals surface area contributed by atoms with Crippen LogP contribution in [0.15, 0.2) is 29.0 Å². The number of carbonyl (C=O) groups is 2. The third-order valence-corrected chi connectivity index (χ3v) is 5.50. The van der Waals surface area contributed by atoms with Gasteiger partial charge in [0.1, 0.15) is 23.7 Å². The van der Waals surface area contributed by atoms with E-state index in [-0.39, 0.29) is 17.3 Å². The number of hydrogen-bond acceptors (Lipinski definition) is 5. The Bertz CT molecular complexity index is 859. The number of rotatable bonds is 5. The molecular weight excluding hydrogens is 375 g/mol. The Labute approximate surface area is 169 Å². The predicted octanol–water partition coefficient (Wildman–Crippen LogP) is 3.80. The molecule has 4 N–H and O–H groups in total. The Balaban J connectivity index is 1.82. The van der Waals surface area contributed by atoms with Crippen molar-refractivity contribution in [1.82, 2.24) is 10.5 Å². The van der Waals surface area contributed by atoms with E-state index in [2.05, 4.69) is 15.8 Å². The summed E-state index contributed by atoms with van der Waals surface area (Å²) in [7, 11) is 0. The molecule has 3 rings (SSSR count). The van der Waals surface area contributed by atoms with Gasteiger partial charge in [-0.3, -0.25) is 9.59 Å². The molecule has 1 fully saturated rings. The van der Waals surface area contributed by atoms with Crippen LogP contribution in [0.1, 0.15) is 61.0 Å². The zero-order valence-corrected chi connectivity index (χ0v) is 16.5. The molecule has 0 bridgehead atoms. The van der Waals surface area contributed by atoms with Gasteiger partial charge in [0.05, 0.1) is 17.1 Å². The van der Waals surface area contributed by atoms with Gasteiger partial charge in [-0.1, -0.05) is 43.3 Å². The van der Waals surface area contributed by atoms with Gasteiger partial charge in [0, 0.05) is 0 Å². The second kappa shape index (κ2) is 9.54. The third-order valence-electron chi connectivity index (χ3n) is 5.50. The summed E-state index contributed by atoms with van der Waals surface area (Å²) in [5.74, 6) is -1.45. The number of nitrogens with two attached hydrogens (primary N) is 1. The largest absolute Gasteiger partial charge is 0.395 e. The number of halogens is 1. The number of para-hydroxylation sites is 1. The van der Waals surface area contributed by atoms with Gasteiger partial charge in [-0.2, -0.15) is 0 Å². The Kier molecular flexibility index (Phi) is 6.85. The van der Waals surface area contributed by atoms with Crippen LogP contribution in [-0.4, -0.2) is 23.0 Å². The summed E-state index contributed by atoms with van der Waals surface area (Å²) in [5, 5.41) is 9.26. The first-order chi connectivity index (χ1) is 14.0. The van der Waals surface area contributed by atoms with Crippen molar-refractivity contribution in [3.63, 3.8) is 0 Å². The number of benzene rings is 1. The molecular formula is C21H27FN4O3. The Morgan fingerprint density at radius 3 is 2.55 bits per heavy atom. The highest BCUT2D eigenvalue weighted by molar-refractivity contribution is 6.02. The van der Waals surface area contributed by atoms with E-state index in [0.29, 0.717) is 11.3 Å². The van der Waals surface area contributed by atoms with Gasteiger partial charge in [-0.25, -0.2) is 4.39 Å². The smallest absolute Gasteiger partial charge is 0.257 e. The molecule has 29 heavy (non-hydrogen) atoms. The lowest BCUT2D eigenvalue weighted by Gasteiger charge is -2.29. The van der Waals surface area contributed by atoms with E-state index in [4.69, 9.17) is 10.3 Å². The van der Waals surface area contributed by atoms with Crippen molar-refractivity contribution >= 4 is 23.2 Å². The fourth-order valence-electron chi connectivity index (χ4n) is 3.80. The summed E-state index contributed by atoms with van der Waals surface area (Å²) >= 11 is 0. The van der Waals surface area contributed by atoms with Crippen molar-refractivity contribution in [3.05, 3.63) is 41.5 Å². The van der Waals surface area contributed by atoms with E-state index in [9.17, 15) is 14.0 Å². The van der Waals surface area contributed by atoms with Crippen molar-refractivity contribution in [1.29, 1.82) is 0 Å². The highest BCUT2D eigenvalue weighted by atomic mass is 19.1. The first-order valence-electron chi connectivity index (χ1n) is 10.0. The molecule has 8 heteroatoms. The number of aromatic nitrogens is 1. The molecule has 1 heterocycles. The summed E-state index contributed by atoms with van der Waals surface area (Å²) in [6.45, 7) is 1.66. The average Bonchev–Trinajstić information content (AvgIpc) is 3.10. The van der Waals surface area contributed by atoms with E-state index < -0.39 is 23.7 Å². The molecule has 2 amide bonds. The van der Waals surface area contributed by atoms with Crippen LogP contribution >= 0.6 is 0 Å². The monoisotopic (exact) mass is 402 g/mol. The van der Waals surface area contributed by atoms with Gasteiger partial charge in [-0.15, -0.1) is 0 Å². The van der Waals surface area contributed by atoms with Crippen LogP contribution in [0.5, 0.6) is 0 Å². The lowest BCUT2D eigenvalue weighted by atomic mass is 9.85. The van der Waals surface area contributed by atoms with Crippen LogP contribution in [0.4, 0.5) is 15.8 Å². The normalized spacial score (nSPS) is 16.5. The zero-order chi connectivity index (χ0) is 20.8. The molecule has 1 atom stereocenters. The molecule has 7 nitrogen and oxygen atoms in total. The molecule has 156 valence electrons. The van der Waals surface area contributed by atoms with Crippen LogP contribution in [0.25, 0.3) is 0 Å². The molecule has 1 aromatic carbocycles. The van der Waals surface area contributed by atoms with Gasteiger partial charge in [0.2, 0.25) is 5.91 Å². The fourth-order valence-corrected chi connectivity index (χ4v) is 3.80. The number of nitrogens with zero attached hydrogens (tertiary/aromatic N) is 1. The summed E-state index contributed by atoms with van der Waals surface area (Å²) < 4.78 is 18.6. The first-order valence-corrected chi connectivity index (χ1v) is 10.0. The molecule has 0 saturated heterocycles. The van der Waals surface area contributed by atoms with E-state index in [1.165, 1.54) is 30.9 Å². The number of nitrogens with one attached hydrogen (secondary N) is 2. The van der Waals surface area contributed by atoms with Crippen molar-refractivity contribution in [2.45, 2.75) is 57.9 Å². The van der Waals surface area contributed by atoms with Crippen LogP contribution in [0, 0.1) is 18.7 Å². The maximum absolute atomic E-state index is 13.8. The maximum atomic E-state index is 13.8. The molecule has 1 aliphatic carbocycles. The highest BCUT2D eigenvalue weighted by Crippen LogP contribution is 2.27.